The Balaban J connectivity index is 3.84. The zero-order chi connectivity index (χ0) is 44.9. The second-order valence-corrected chi connectivity index (χ2v) is 14.4. The molecule has 0 heterocycles. The van der Waals surface area contributed by atoms with Gasteiger partial charge in [0.25, 0.3) is 0 Å². The highest BCUT2D eigenvalue weighted by molar-refractivity contribution is 5.70. The van der Waals surface area contributed by atoms with E-state index >= 15 is 0 Å². The number of carbonyl (C=O) groups is 2. The highest BCUT2D eigenvalue weighted by atomic mass is 16.6. The Morgan fingerprint density at radius 1 is 0.371 bits per heavy atom. The van der Waals surface area contributed by atoms with E-state index in [9.17, 15) is 14.7 Å². The van der Waals surface area contributed by atoms with Crippen LogP contribution in [0.3, 0.4) is 0 Å². The lowest BCUT2D eigenvalue weighted by Gasteiger charge is -2.15. The number of ether oxygens (including phenoxy) is 2. The Kier molecular flexibility index (Phi) is 46.3. The second kappa shape index (κ2) is 50.4. The lowest BCUT2D eigenvalue weighted by atomic mass is 10.2. The quantitative estimate of drug-likeness (QED) is 0.0379. The number of unbranched alkanes of at least 4 members (excludes halogenated alkanes) is 1. The molecule has 0 saturated carbocycles. The summed E-state index contributed by atoms with van der Waals surface area (Å²) in [4.78, 5) is 24.3. The first kappa shape index (κ1) is 57.0. The molecule has 5 nitrogen and oxygen atoms in total. The number of hydrogen-bond acceptors (Lipinski definition) is 5. The Hall–Kier alpha value is -5.00. The van der Waals surface area contributed by atoms with Crippen LogP contribution in [0.25, 0.3) is 0 Å². The van der Waals surface area contributed by atoms with Gasteiger partial charge in [0.05, 0.1) is 6.61 Å². The molecule has 0 aliphatic rings. The van der Waals surface area contributed by atoms with Gasteiger partial charge in [0.2, 0.25) is 0 Å². The van der Waals surface area contributed by atoms with Crippen molar-refractivity contribution in [1.82, 2.24) is 0 Å². The first-order valence-corrected chi connectivity index (χ1v) is 23.3. The summed E-state index contributed by atoms with van der Waals surface area (Å²) < 4.78 is 10.5. The van der Waals surface area contributed by atoms with Crippen LogP contribution in [0.15, 0.2) is 182 Å². The molecule has 0 saturated heterocycles. The standard InChI is InChI=1S/C57H82O5/c1-3-5-7-9-11-13-15-17-19-21-23-24-25-26-27-28-29-30-31-32-34-36-38-40-42-44-46-48-50-52-57(60)62-55(53-58)54-61-56(59)51-49-47-45-43-41-39-37-35-33-22-20-18-16-14-12-10-8-6-4-2/h5-8,11-14,17-20,23-24,26-27,29-30,32-35,38-41,44-47,55,58H,3-4,9-10,15-16,21-22,25,28,31,36-37,42-43,48-54H2,1-2H3/b7-5-,8-6-,13-11-,14-12-,19-17-,20-18-,24-23-,27-26-,30-29-,34-32-,35-33-,40-38-,41-39-,46-44-,47-45-. The SMILES string of the molecule is CC/C=C\C/C=C\C/C=C\C/C=C\C/C=C\C/C=C\C/C=C\C/C=C\C/C=C\CCCC(=O)OC(CO)COC(=O)CC/C=C\C/C=C\C/C=C\C/C=C\C/C=C\C/C=C\CC. The number of aliphatic hydroxyl groups is 1. The Labute approximate surface area is 378 Å². The van der Waals surface area contributed by atoms with Crippen LogP contribution >= 0.6 is 0 Å². The van der Waals surface area contributed by atoms with Gasteiger partial charge >= 0.3 is 11.9 Å². The summed E-state index contributed by atoms with van der Waals surface area (Å²) in [6.07, 6.45) is 81.2. The molecule has 1 N–H and O–H groups in total. The monoisotopic (exact) mass is 847 g/mol. The number of allylic oxidation sites excluding steroid dienone is 30. The molecule has 1 unspecified atom stereocenters. The van der Waals surface area contributed by atoms with E-state index in [1.807, 2.05) is 12.2 Å². The molecule has 0 aromatic heterocycles. The first-order chi connectivity index (χ1) is 30.6. The fourth-order valence-corrected chi connectivity index (χ4v) is 5.28. The molecule has 0 aliphatic heterocycles. The second-order valence-electron chi connectivity index (χ2n) is 14.4. The highest BCUT2D eigenvalue weighted by Gasteiger charge is 2.15. The van der Waals surface area contributed by atoms with Crippen molar-refractivity contribution in [3.05, 3.63) is 182 Å². The average Bonchev–Trinajstić information content (AvgIpc) is 3.28. The number of hydrogen-bond donors (Lipinski definition) is 1. The van der Waals surface area contributed by atoms with Crippen LogP contribution in [0.2, 0.25) is 0 Å². The summed E-state index contributed by atoms with van der Waals surface area (Å²) in [5.74, 6) is -0.780. The molecule has 1 atom stereocenters. The van der Waals surface area contributed by atoms with Gasteiger partial charge in [0, 0.05) is 12.8 Å². The smallest absolute Gasteiger partial charge is 0.306 e. The normalized spacial score (nSPS) is 13.9. The molecule has 0 amide bonds. The van der Waals surface area contributed by atoms with E-state index in [2.05, 4.69) is 184 Å². The molecule has 0 spiro atoms. The minimum atomic E-state index is -0.849. The van der Waals surface area contributed by atoms with Crippen molar-refractivity contribution < 1.29 is 24.2 Å². The van der Waals surface area contributed by atoms with Crippen LogP contribution in [0, 0.1) is 0 Å². The zero-order valence-electron chi connectivity index (χ0n) is 38.5. The van der Waals surface area contributed by atoms with Gasteiger partial charge in [-0.3, -0.25) is 9.59 Å². The first-order valence-electron chi connectivity index (χ1n) is 23.3. The largest absolute Gasteiger partial charge is 0.462 e. The fraction of sp³-hybridized carbons (Fsp3) is 0.439. The predicted octanol–water partition coefficient (Wildman–Crippen LogP) is 15.6. The average molecular weight is 847 g/mol. The Morgan fingerprint density at radius 3 is 0.935 bits per heavy atom. The molecule has 0 radical (unpaired) electrons. The molecule has 62 heavy (non-hydrogen) atoms. The van der Waals surface area contributed by atoms with E-state index in [1.54, 1.807) is 0 Å². The number of aliphatic hydroxyl groups excluding tert-OH is 1. The summed E-state index contributed by atoms with van der Waals surface area (Å²) in [5, 5.41) is 9.59. The van der Waals surface area contributed by atoms with E-state index in [-0.39, 0.29) is 25.4 Å². The van der Waals surface area contributed by atoms with Gasteiger partial charge in [-0.1, -0.05) is 196 Å². The summed E-state index contributed by atoms with van der Waals surface area (Å²) in [6.45, 7) is 3.76. The van der Waals surface area contributed by atoms with Crippen LogP contribution in [0.1, 0.15) is 142 Å². The van der Waals surface area contributed by atoms with Crippen molar-refractivity contribution in [3.8, 4) is 0 Å². The van der Waals surface area contributed by atoms with E-state index < -0.39 is 18.7 Å². The molecule has 0 bridgehead atoms. The Bertz CT molecular complexity index is 1510. The van der Waals surface area contributed by atoms with Crippen LogP contribution in [-0.4, -0.2) is 36.4 Å². The van der Waals surface area contributed by atoms with E-state index in [0.717, 1.165) is 103 Å². The molecule has 5 heteroatoms. The minimum Gasteiger partial charge on any atom is -0.462 e. The van der Waals surface area contributed by atoms with Crippen molar-refractivity contribution in [3.63, 3.8) is 0 Å². The molecular weight excluding hydrogens is 765 g/mol. The third-order valence-electron chi connectivity index (χ3n) is 8.71. The van der Waals surface area contributed by atoms with Crippen molar-refractivity contribution in [2.24, 2.45) is 0 Å². The van der Waals surface area contributed by atoms with Gasteiger partial charge in [0.1, 0.15) is 6.61 Å². The van der Waals surface area contributed by atoms with Crippen molar-refractivity contribution in [1.29, 1.82) is 0 Å². The highest BCUT2D eigenvalue weighted by Crippen LogP contribution is 2.06. The van der Waals surface area contributed by atoms with Gasteiger partial charge in [-0.25, -0.2) is 0 Å². The van der Waals surface area contributed by atoms with E-state index in [0.29, 0.717) is 12.8 Å². The lowest BCUT2D eigenvalue weighted by molar-refractivity contribution is -0.161. The van der Waals surface area contributed by atoms with E-state index in [4.69, 9.17) is 9.47 Å². The third kappa shape index (κ3) is 47.7. The van der Waals surface area contributed by atoms with Crippen molar-refractivity contribution in [2.75, 3.05) is 13.2 Å². The number of esters is 2. The lowest BCUT2D eigenvalue weighted by Crippen LogP contribution is -2.28. The molecule has 0 fully saturated rings. The van der Waals surface area contributed by atoms with E-state index in [1.165, 1.54) is 0 Å². The summed E-state index contributed by atoms with van der Waals surface area (Å²) in [6, 6.07) is 0. The summed E-state index contributed by atoms with van der Waals surface area (Å²) in [5.41, 5.74) is 0. The van der Waals surface area contributed by atoms with Gasteiger partial charge in [-0.05, 0) is 116 Å². The van der Waals surface area contributed by atoms with Gasteiger partial charge in [0.15, 0.2) is 6.10 Å². The summed E-state index contributed by atoms with van der Waals surface area (Å²) >= 11 is 0. The van der Waals surface area contributed by atoms with Gasteiger partial charge in [-0.15, -0.1) is 0 Å². The molecule has 0 aliphatic carbocycles. The Morgan fingerprint density at radius 2 is 0.645 bits per heavy atom. The van der Waals surface area contributed by atoms with Crippen molar-refractivity contribution >= 4 is 11.9 Å². The van der Waals surface area contributed by atoms with Crippen LogP contribution in [-0.2, 0) is 19.1 Å². The van der Waals surface area contributed by atoms with Crippen LogP contribution < -0.4 is 0 Å². The maximum atomic E-state index is 12.2. The maximum absolute atomic E-state index is 12.2. The molecule has 0 rings (SSSR count). The fourth-order valence-electron chi connectivity index (χ4n) is 5.28. The van der Waals surface area contributed by atoms with Gasteiger partial charge < -0.3 is 14.6 Å². The number of carbonyl (C=O) groups excluding carboxylic acids is 2. The summed E-state index contributed by atoms with van der Waals surface area (Å²) in [7, 11) is 0. The number of rotatable bonds is 39. The topological polar surface area (TPSA) is 72.8 Å². The molecule has 340 valence electrons. The molecule has 0 aromatic rings. The molecule has 0 aromatic carbocycles. The van der Waals surface area contributed by atoms with Crippen LogP contribution in [0.4, 0.5) is 0 Å². The van der Waals surface area contributed by atoms with Gasteiger partial charge in [-0.2, -0.15) is 0 Å². The third-order valence-corrected chi connectivity index (χ3v) is 8.71. The predicted molar refractivity (Wildman–Crippen MR) is 269 cm³/mol. The zero-order valence-corrected chi connectivity index (χ0v) is 38.5. The van der Waals surface area contributed by atoms with Crippen LogP contribution in [0.5, 0.6) is 0 Å². The van der Waals surface area contributed by atoms with Crippen molar-refractivity contribution in [2.45, 2.75) is 148 Å². The minimum absolute atomic E-state index is 0.144. The maximum Gasteiger partial charge on any atom is 0.306 e. The molecular formula is C57H82O5.